The Morgan fingerprint density at radius 1 is 1.11 bits per heavy atom. The second-order valence-corrected chi connectivity index (χ2v) is 10.1. The highest BCUT2D eigenvalue weighted by atomic mass is 16.6. The van der Waals surface area contributed by atoms with E-state index in [0.29, 0.717) is 11.1 Å². The van der Waals surface area contributed by atoms with Crippen molar-refractivity contribution >= 4 is 17.9 Å². The molecule has 0 fully saturated rings. The monoisotopic (exact) mass is 508 g/mol. The Labute approximate surface area is 218 Å². The standard InChI is InChI=1S/C28H36N4O5/c1-18(2)23(31-27(36)37-28(4,5)6)26(35)32(15-14-29)24(21-12-13-22(33)19(3)16-21)25(34)30-17-20-10-8-7-9-11-20/h7-13,16,18,23-24,33H,15,17H2,1-6H3,(H,30,34)(H,31,36). The summed E-state index contributed by atoms with van der Waals surface area (Å²) >= 11 is 0. The third-order valence-corrected chi connectivity index (χ3v) is 5.54. The van der Waals surface area contributed by atoms with E-state index in [1.807, 2.05) is 36.4 Å². The quantitative estimate of drug-likeness (QED) is 0.439. The maximum absolute atomic E-state index is 13.8. The Morgan fingerprint density at radius 3 is 2.30 bits per heavy atom. The molecule has 9 heteroatoms. The number of carbonyl (C=O) groups excluding carboxylic acids is 3. The van der Waals surface area contributed by atoms with Gasteiger partial charge in [-0.2, -0.15) is 5.26 Å². The summed E-state index contributed by atoms with van der Waals surface area (Å²) in [4.78, 5) is 41.0. The number of ether oxygens (including phenoxy) is 1. The highest BCUT2D eigenvalue weighted by Crippen LogP contribution is 2.27. The first-order valence-electron chi connectivity index (χ1n) is 12.1. The summed E-state index contributed by atoms with van der Waals surface area (Å²) < 4.78 is 5.32. The van der Waals surface area contributed by atoms with Crippen LogP contribution in [0, 0.1) is 24.2 Å². The molecule has 3 N–H and O–H groups in total. The Morgan fingerprint density at radius 2 is 1.76 bits per heavy atom. The van der Waals surface area contributed by atoms with Crippen LogP contribution >= 0.6 is 0 Å². The number of nitrogens with one attached hydrogen (secondary N) is 2. The van der Waals surface area contributed by atoms with Crippen molar-refractivity contribution < 1.29 is 24.2 Å². The lowest BCUT2D eigenvalue weighted by Gasteiger charge is -2.34. The van der Waals surface area contributed by atoms with Gasteiger partial charge in [-0.1, -0.05) is 50.2 Å². The van der Waals surface area contributed by atoms with Crippen molar-refractivity contribution in [3.63, 3.8) is 0 Å². The number of phenols is 1. The van der Waals surface area contributed by atoms with Gasteiger partial charge in [-0.15, -0.1) is 0 Å². The first-order valence-corrected chi connectivity index (χ1v) is 12.1. The lowest BCUT2D eigenvalue weighted by Crippen LogP contribution is -2.55. The van der Waals surface area contributed by atoms with Crippen LogP contribution in [0.15, 0.2) is 48.5 Å². The Balaban J connectivity index is 2.46. The molecule has 0 saturated carbocycles. The minimum Gasteiger partial charge on any atom is -0.508 e. The van der Waals surface area contributed by atoms with Crippen LogP contribution in [0.25, 0.3) is 0 Å². The number of benzene rings is 2. The Hall–Kier alpha value is -4.06. The molecule has 0 aromatic heterocycles. The lowest BCUT2D eigenvalue weighted by molar-refractivity contribution is -0.142. The molecular weight excluding hydrogens is 472 g/mol. The van der Waals surface area contributed by atoms with E-state index in [4.69, 9.17) is 4.74 Å². The minimum absolute atomic E-state index is 0.0389. The van der Waals surface area contributed by atoms with Crippen molar-refractivity contribution in [3.05, 3.63) is 65.2 Å². The van der Waals surface area contributed by atoms with E-state index in [1.165, 1.54) is 6.07 Å². The molecule has 0 heterocycles. The molecule has 0 aliphatic heterocycles. The van der Waals surface area contributed by atoms with Gasteiger partial charge in [-0.25, -0.2) is 4.79 Å². The van der Waals surface area contributed by atoms with E-state index in [9.17, 15) is 24.8 Å². The SMILES string of the molecule is Cc1cc(C(C(=O)NCc2ccccc2)N(CC#N)C(=O)C(NC(=O)OC(C)(C)C)C(C)C)ccc1O. The number of hydrogen-bond donors (Lipinski definition) is 3. The van der Waals surface area contributed by atoms with Crippen molar-refractivity contribution in [1.29, 1.82) is 5.26 Å². The van der Waals surface area contributed by atoms with E-state index in [0.717, 1.165) is 10.5 Å². The Bertz CT molecular complexity index is 1140. The highest BCUT2D eigenvalue weighted by molar-refractivity contribution is 5.92. The van der Waals surface area contributed by atoms with Gasteiger partial charge in [-0.3, -0.25) is 9.59 Å². The molecule has 0 bridgehead atoms. The summed E-state index contributed by atoms with van der Waals surface area (Å²) in [5.74, 6) is -1.43. The van der Waals surface area contributed by atoms with Crippen LogP contribution in [0.2, 0.25) is 0 Å². The molecule has 2 aromatic carbocycles. The first kappa shape index (κ1) is 29.2. The van der Waals surface area contributed by atoms with Crippen LogP contribution in [-0.2, 0) is 20.9 Å². The molecule has 0 radical (unpaired) electrons. The number of aromatic hydroxyl groups is 1. The summed E-state index contributed by atoms with van der Waals surface area (Å²) in [5.41, 5.74) is 1.02. The smallest absolute Gasteiger partial charge is 0.408 e. The summed E-state index contributed by atoms with van der Waals surface area (Å²) in [6.45, 7) is 10.1. The molecule has 37 heavy (non-hydrogen) atoms. The van der Waals surface area contributed by atoms with Crippen molar-refractivity contribution in [1.82, 2.24) is 15.5 Å². The van der Waals surface area contributed by atoms with Gasteiger partial charge in [0.15, 0.2) is 0 Å². The van der Waals surface area contributed by atoms with Crippen LogP contribution < -0.4 is 10.6 Å². The minimum atomic E-state index is -1.18. The number of hydrogen-bond acceptors (Lipinski definition) is 6. The number of aryl methyl sites for hydroxylation is 1. The van der Waals surface area contributed by atoms with Crippen LogP contribution in [0.5, 0.6) is 5.75 Å². The third kappa shape index (κ3) is 8.53. The molecule has 2 unspecified atom stereocenters. The summed E-state index contributed by atoms with van der Waals surface area (Å²) in [7, 11) is 0. The number of rotatable bonds is 9. The first-order chi connectivity index (χ1) is 17.3. The molecule has 9 nitrogen and oxygen atoms in total. The summed E-state index contributed by atoms with van der Waals surface area (Å²) in [6, 6.07) is 13.6. The van der Waals surface area contributed by atoms with Crippen LogP contribution in [0.3, 0.4) is 0 Å². The molecule has 0 aliphatic rings. The lowest BCUT2D eigenvalue weighted by atomic mass is 9.97. The highest BCUT2D eigenvalue weighted by Gasteiger charge is 2.37. The second kappa shape index (κ2) is 12.8. The van der Waals surface area contributed by atoms with Gasteiger partial charge in [0.25, 0.3) is 0 Å². The van der Waals surface area contributed by atoms with Crippen molar-refractivity contribution in [2.75, 3.05) is 6.54 Å². The van der Waals surface area contributed by atoms with Gasteiger partial charge >= 0.3 is 6.09 Å². The fourth-order valence-electron chi connectivity index (χ4n) is 3.70. The topological polar surface area (TPSA) is 132 Å². The second-order valence-electron chi connectivity index (χ2n) is 10.1. The third-order valence-electron chi connectivity index (χ3n) is 5.54. The normalized spacial score (nSPS) is 12.7. The molecule has 2 aromatic rings. The van der Waals surface area contributed by atoms with Crippen LogP contribution in [-0.4, -0.2) is 46.1 Å². The van der Waals surface area contributed by atoms with Gasteiger partial charge < -0.3 is 25.4 Å². The van der Waals surface area contributed by atoms with Crippen LogP contribution in [0.1, 0.15) is 57.4 Å². The van der Waals surface area contributed by atoms with E-state index in [2.05, 4.69) is 10.6 Å². The molecular formula is C28H36N4O5. The van der Waals surface area contributed by atoms with E-state index >= 15 is 0 Å². The number of alkyl carbamates (subject to hydrolysis) is 1. The average Bonchev–Trinajstić information content (AvgIpc) is 2.82. The maximum Gasteiger partial charge on any atom is 0.408 e. The molecule has 0 saturated heterocycles. The van der Waals surface area contributed by atoms with Gasteiger partial charge in [0.2, 0.25) is 11.8 Å². The van der Waals surface area contributed by atoms with Crippen molar-refractivity contribution in [3.8, 4) is 11.8 Å². The molecule has 2 atom stereocenters. The number of nitrogens with zero attached hydrogens (tertiary/aromatic N) is 2. The number of carbonyl (C=O) groups is 3. The number of nitriles is 1. The number of phenolic OH excluding ortho intramolecular Hbond substituents is 1. The number of amides is 3. The summed E-state index contributed by atoms with van der Waals surface area (Å²) in [5, 5.41) is 25.1. The molecule has 2 rings (SSSR count). The van der Waals surface area contributed by atoms with Crippen LogP contribution in [0.4, 0.5) is 4.79 Å². The maximum atomic E-state index is 13.8. The predicted octanol–water partition coefficient (Wildman–Crippen LogP) is 3.96. The van der Waals surface area contributed by atoms with Gasteiger partial charge in [-0.05, 0) is 62.4 Å². The van der Waals surface area contributed by atoms with E-state index < -0.39 is 42.1 Å². The average molecular weight is 509 g/mol. The van der Waals surface area contributed by atoms with E-state index in [-0.39, 0.29) is 18.2 Å². The van der Waals surface area contributed by atoms with Gasteiger partial charge in [0, 0.05) is 6.54 Å². The zero-order valence-electron chi connectivity index (χ0n) is 22.2. The molecule has 198 valence electrons. The van der Waals surface area contributed by atoms with Gasteiger partial charge in [0.1, 0.15) is 30.0 Å². The zero-order chi connectivity index (χ0) is 27.8. The molecule has 0 spiro atoms. The fourth-order valence-corrected chi connectivity index (χ4v) is 3.70. The van der Waals surface area contributed by atoms with Crippen molar-refractivity contribution in [2.45, 2.75) is 65.8 Å². The summed E-state index contributed by atoms with van der Waals surface area (Å²) in [6.07, 6.45) is -0.776. The predicted molar refractivity (Wildman–Crippen MR) is 139 cm³/mol. The zero-order valence-corrected chi connectivity index (χ0v) is 22.2. The Kier molecular flexibility index (Phi) is 10.1. The molecule has 3 amide bonds. The largest absolute Gasteiger partial charge is 0.508 e. The van der Waals surface area contributed by atoms with Crippen molar-refractivity contribution in [2.24, 2.45) is 5.92 Å². The van der Waals surface area contributed by atoms with Gasteiger partial charge in [0.05, 0.1) is 6.07 Å². The van der Waals surface area contributed by atoms with E-state index in [1.54, 1.807) is 53.7 Å². The fraction of sp³-hybridized carbons (Fsp3) is 0.429. The molecule has 0 aliphatic carbocycles.